The van der Waals surface area contributed by atoms with Gasteiger partial charge in [0.1, 0.15) is 11.6 Å². The van der Waals surface area contributed by atoms with Crippen LogP contribution < -0.4 is 5.73 Å². The zero-order valence-electron chi connectivity index (χ0n) is 10.8. The number of alkyl halides is 3. The van der Waals surface area contributed by atoms with Gasteiger partial charge in [0.05, 0.1) is 5.56 Å². The highest BCUT2D eigenvalue weighted by Crippen LogP contribution is 2.29. The third-order valence-corrected chi connectivity index (χ3v) is 2.68. The van der Waals surface area contributed by atoms with Gasteiger partial charge in [0.2, 0.25) is 5.95 Å². The van der Waals surface area contributed by atoms with Gasteiger partial charge in [0.25, 0.3) is 0 Å². The monoisotopic (exact) mass is 282 g/mol. The van der Waals surface area contributed by atoms with Gasteiger partial charge in [0.15, 0.2) is 0 Å². The van der Waals surface area contributed by atoms with Gasteiger partial charge in [-0.1, -0.05) is 25.1 Å². The van der Waals surface area contributed by atoms with Gasteiger partial charge in [-0.3, -0.25) is 0 Å². The van der Waals surface area contributed by atoms with E-state index in [9.17, 15) is 13.2 Å². The Hall–Kier alpha value is -2.18. The van der Waals surface area contributed by atoms with Crippen molar-refractivity contribution in [2.45, 2.75) is 25.9 Å². The molecule has 1 heterocycles. The molecule has 0 saturated carbocycles. The van der Waals surface area contributed by atoms with E-state index in [1.54, 1.807) is 6.07 Å². The van der Waals surface area contributed by atoms with E-state index in [1.807, 2.05) is 6.92 Å². The maximum Gasteiger partial charge on any atom is 0.416 e. The summed E-state index contributed by atoms with van der Waals surface area (Å²) in [5, 5.41) is 0. The van der Waals surface area contributed by atoms with Crippen molar-refractivity contribution in [3.63, 3.8) is 0 Å². The number of halogens is 3. The highest BCUT2D eigenvalue weighted by molar-refractivity contribution is 5.28. The molecule has 0 aliphatic rings. The minimum Gasteiger partial charge on any atom is -0.368 e. The Morgan fingerprint density at radius 3 is 2.45 bits per heavy atom. The van der Waals surface area contributed by atoms with E-state index >= 15 is 0 Å². The molecule has 0 atom stereocenters. The SMILES string of the molecule is CCc1nc(N)nc(Cc2cccc(C(F)(F)F)c2)n1. The van der Waals surface area contributed by atoms with Crippen LogP contribution in [0.5, 0.6) is 0 Å². The first-order valence-corrected chi connectivity index (χ1v) is 6.04. The van der Waals surface area contributed by atoms with E-state index < -0.39 is 11.7 Å². The van der Waals surface area contributed by atoms with Crippen LogP contribution in [0.15, 0.2) is 24.3 Å². The average molecular weight is 282 g/mol. The third kappa shape index (κ3) is 3.43. The molecule has 4 nitrogen and oxygen atoms in total. The van der Waals surface area contributed by atoms with Crippen molar-refractivity contribution in [1.82, 2.24) is 15.0 Å². The van der Waals surface area contributed by atoms with Crippen LogP contribution in [0.4, 0.5) is 19.1 Å². The molecule has 0 spiro atoms. The van der Waals surface area contributed by atoms with Crippen LogP contribution in [-0.4, -0.2) is 15.0 Å². The number of hydrogen-bond donors (Lipinski definition) is 1. The molecule has 2 aromatic rings. The minimum atomic E-state index is -4.36. The van der Waals surface area contributed by atoms with Gasteiger partial charge < -0.3 is 5.73 Å². The molecule has 106 valence electrons. The van der Waals surface area contributed by atoms with Crippen LogP contribution in [0, 0.1) is 0 Å². The Bertz CT molecular complexity index is 611. The molecule has 2 N–H and O–H groups in total. The third-order valence-electron chi connectivity index (χ3n) is 2.68. The van der Waals surface area contributed by atoms with Crippen LogP contribution in [0.2, 0.25) is 0 Å². The Balaban J connectivity index is 2.28. The van der Waals surface area contributed by atoms with Crippen molar-refractivity contribution >= 4 is 5.95 Å². The van der Waals surface area contributed by atoms with Crippen LogP contribution in [0.3, 0.4) is 0 Å². The van der Waals surface area contributed by atoms with Gasteiger partial charge in [-0.25, -0.2) is 4.98 Å². The molecular formula is C13H13F3N4. The largest absolute Gasteiger partial charge is 0.416 e. The van der Waals surface area contributed by atoms with Crippen LogP contribution in [-0.2, 0) is 19.0 Å². The fraction of sp³-hybridized carbons (Fsp3) is 0.308. The molecule has 0 saturated heterocycles. The summed E-state index contributed by atoms with van der Waals surface area (Å²) in [5.41, 5.74) is 5.34. The van der Waals surface area contributed by atoms with Crippen molar-refractivity contribution in [3.8, 4) is 0 Å². The Morgan fingerprint density at radius 1 is 1.10 bits per heavy atom. The molecule has 2 rings (SSSR count). The molecule has 0 aliphatic carbocycles. The van der Waals surface area contributed by atoms with Crippen molar-refractivity contribution in [2.24, 2.45) is 0 Å². The fourth-order valence-electron chi connectivity index (χ4n) is 1.77. The number of aromatic nitrogens is 3. The molecule has 0 amide bonds. The number of anilines is 1. The number of nitrogens with two attached hydrogens (primary N) is 1. The molecule has 0 radical (unpaired) electrons. The Labute approximate surface area is 113 Å². The van der Waals surface area contributed by atoms with Crippen molar-refractivity contribution < 1.29 is 13.2 Å². The number of aryl methyl sites for hydroxylation is 1. The smallest absolute Gasteiger partial charge is 0.368 e. The lowest BCUT2D eigenvalue weighted by Gasteiger charge is -2.08. The fourth-order valence-corrected chi connectivity index (χ4v) is 1.77. The van der Waals surface area contributed by atoms with Gasteiger partial charge >= 0.3 is 6.18 Å². The normalized spacial score (nSPS) is 11.6. The second kappa shape index (κ2) is 5.44. The number of hydrogen-bond acceptors (Lipinski definition) is 4. The highest BCUT2D eigenvalue weighted by Gasteiger charge is 2.30. The summed E-state index contributed by atoms with van der Waals surface area (Å²) < 4.78 is 37.9. The maximum absolute atomic E-state index is 12.6. The van der Waals surface area contributed by atoms with E-state index in [1.165, 1.54) is 6.07 Å². The topological polar surface area (TPSA) is 64.7 Å². The number of benzene rings is 1. The molecular weight excluding hydrogens is 269 g/mol. The second-order valence-corrected chi connectivity index (χ2v) is 4.25. The quantitative estimate of drug-likeness (QED) is 0.939. The average Bonchev–Trinajstić information content (AvgIpc) is 2.37. The van der Waals surface area contributed by atoms with E-state index in [0.29, 0.717) is 23.6 Å². The molecule has 0 fully saturated rings. The summed E-state index contributed by atoms with van der Waals surface area (Å²) in [4.78, 5) is 12.0. The van der Waals surface area contributed by atoms with Gasteiger partial charge in [-0.05, 0) is 11.6 Å². The van der Waals surface area contributed by atoms with Crippen LogP contribution in [0.25, 0.3) is 0 Å². The van der Waals surface area contributed by atoms with Crippen molar-refractivity contribution in [2.75, 3.05) is 5.73 Å². The number of nitrogens with zero attached hydrogens (tertiary/aromatic N) is 3. The summed E-state index contributed by atoms with van der Waals surface area (Å²) in [6.07, 6.45) is -3.59. The molecule has 0 unspecified atom stereocenters. The minimum absolute atomic E-state index is 0.0822. The summed E-state index contributed by atoms with van der Waals surface area (Å²) >= 11 is 0. The summed E-state index contributed by atoms with van der Waals surface area (Å²) in [6, 6.07) is 5.08. The summed E-state index contributed by atoms with van der Waals surface area (Å²) in [7, 11) is 0. The first-order valence-electron chi connectivity index (χ1n) is 6.04. The van der Waals surface area contributed by atoms with E-state index in [4.69, 9.17) is 5.73 Å². The molecule has 1 aromatic carbocycles. The summed E-state index contributed by atoms with van der Waals surface area (Å²) in [5.74, 6) is 0.979. The lowest BCUT2D eigenvalue weighted by Crippen LogP contribution is -2.08. The lowest BCUT2D eigenvalue weighted by molar-refractivity contribution is -0.137. The van der Waals surface area contributed by atoms with E-state index in [0.717, 1.165) is 12.1 Å². The first kappa shape index (κ1) is 14.2. The Morgan fingerprint density at radius 2 is 1.80 bits per heavy atom. The molecule has 0 bridgehead atoms. The number of nitrogen functional groups attached to an aromatic ring is 1. The molecule has 7 heteroatoms. The van der Waals surface area contributed by atoms with Crippen molar-refractivity contribution in [3.05, 3.63) is 47.0 Å². The first-order chi connectivity index (χ1) is 9.38. The molecule has 1 aromatic heterocycles. The van der Waals surface area contributed by atoms with Crippen molar-refractivity contribution in [1.29, 1.82) is 0 Å². The standard InChI is InChI=1S/C13H13F3N4/c1-2-10-18-11(20-12(17)19-10)7-8-4-3-5-9(6-8)13(14,15)16/h3-6H,2,7H2,1H3,(H2,17,18,19,20). The van der Waals surface area contributed by atoms with Crippen LogP contribution >= 0.6 is 0 Å². The Kier molecular flexibility index (Phi) is 3.87. The van der Waals surface area contributed by atoms with Crippen LogP contribution in [0.1, 0.15) is 29.7 Å². The predicted octanol–water partition coefficient (Wildman–Crippen LogP) is 2.63. The zero-order chi connectivity index (χ0) is 14.8. The maximum atomic E-state index is 12.6. The molecule has 0 aliphatic heterocycles. The highest BCUT2D eigenvalue weighted by atomic mass is 19.4. The van der Waals surface area contributed by atoms with Gasteiger partial charge in [-0.2, -0.15) is 23.1 Å². The lowest BCUT2D eigenvalue weighted by atomic mass is 10.1. The van der Waals surface area contributed by atoms with E-state index in [-0.39, 0.29) is 12.4 Å². The van der Waals surface area contributed by atoms with E-state index in [2.05, 4.69) is 15.0 Å². The molecule has 20 heavy (non-hydrogen) atoms. The van der Waals surface area contributed by atoms with Gasteiger partial charge in [-0.15, -0.1) is 0 Å². The van der Waals surface area contributed by atoms with Gasteiger partial charge in [0, 0.05) is 12.8 Å². The zero-order valence-corrected chi connectivity index (χ0v) is 10.8. The summed E-state index contributed by atoms with van der Waals surface area (Å²) in [6.45, 7) is 1.86. The second-order valence-electron chi connectivity index (χ2n) is 4.25. The predicted molar refractivity (Wildman–Crippen MR) is 67.9 cm³/mol. The number of rotatable bonds is 3.